The first-order valence-electron chi connectivity index (χ1n) is 6.83. The van der Waals surface area contributed by atoms with Gasteiger partial charge in [-0.3, -0.25) is 9.59 Å². The number of aliphatic carboxylic acids is 1. The summed E-state index contributed by atoms with van der Waals surface area (Å²) in [4.78, 5) is 22.8. The van der Waals surface area contributed by atoms with Crippen molar-refractivity contribution in [3.05, 3.63) is 0 Å². The van der Waals surface area contributed by atoms with E-state index in [0.717, 1.165) is 45.2 Å². The molecule has 1 unspecified atom stereocenters. The van der Waals surface area contributed by atoms with E-state index < -0.39 is 11.5 Å². The Bertz CT molecular complexity index is 320. The summed E-state index contributed by atoms with van der Waals surface area (Å²) in [7, 11) is 0. The van der Waals surface area contributed by atoms with E-state index in [1.54, 1.807) is 0 Å². The van der Waals surface area contributed by atoms with Gasteiger partial charge in [-0.15, -0.1) is 0 Å². The molecular weight excluding hydrogens is 232 g/mol. The fraction of sp³-hybridized carbons (Fsp3) is 0.846. The number of piperidine rings is 1. The number of carboxylic acids is 1. The third kappa shape index (κ3) is 3.45. The molecule has 0 aromatic carbocycles. The number of rotatable bonds is 5. The SMILES string of the molecule is O=C(O)CC1(NC(=O)CC2CCCNC2)CCC1. The summed E-state index contributed by atoms with van der Waals surface area (Å²) in [5.41, 5.74) is -0.453. The highest BCUT2D eigenvalue weighted by atomic mass is 16.4. The lowest BCUT2D eigenvalue weighted by Crippen LogP contribution is -2.55. The molecule has 1 aliphatic carbocycles. The van der Waals surface area contributed by atoms with Crippen LogP contribution in [0.1, 0.15) is 44.9 Å². The molecule has 0 aromatic rings. The predicted molar refractivity (Wildman–Crippen MR) is 67.2 cm³/mol. The number of nitrogens with one attached hydrogen (secondary N) is 2. The molecule has 3 N–H and O–H groups in total. The van der Waals surface area contributed by atoms with Gasteiger partial charge in [-0.1, -0.05) is 0 Å². The van der Waals surface area contributed by atoms with Crippen LogP contribution >= 0.6 is 0 Å². The van der Waals surface area contributed by atoms with E-state index in [9.17, 15) is 9.59 Å². The second kappa shape index (κ2) is 5.69. The van der Waals surface area contributed by atoms with Crippen LogP contribution in [0.25, 0.3) is 0 Å². The Morgan fingerprint density at radius 3 is 2.61 bits per heavy atom. The minimum atomic E-state index is -0.825. The Kier molecular flexibility index (Phi) is 4.22. The van der Waals surface area contributed by atoms with Crippen molar-refractivity contribution < 1.29 is 14.7 Å². The first-order chi connectivity index (χ1) is 8.60. The second-order valence-electron chi connectivity index (χ2n) is 5.67. The van der Waals surface area contributed by atoms with Crippen LogP contribution in [0.3, 0.4) is 0 Å². The van der Waals surface area contributed by atoms with E-state index in [2.05, 4.69) is 10.6 Å². The molecule has 18 heavy (non-hydrogen) atoms. The Labute approximate surface area is 107 Å². The summed E-state index contributed by atoms with van der Waals surface area (Å²) in [6.45, 7) is 1.94. The molecule has 1 atom stereocenters. The summed E-state index contributed by atoms with van der Waals surface area (Å²) in [6, 6.07) is 0. The van der Waals surface area contributed by atoms with Crippen molar-refractivity contribution in [3.63, 3.8) is 0 Å². The zero-order valence-electron chi connectivity index (χ0n) is 10.7. The maximum Gasteiger partial charge on any atom is 0.305 e. The molecular formula is C13H22N2O3. The Morgan fingerprint density at radius 1 is 1.33 bits per heavy atom. The summed E-state index contributed by atoms with van der Waals surface area (Å²) < 4.78 is 0. The predicted octanol–water partition coefficient (Wildman–Crippen LogP) is 0.890. The van der Waals surface area contributed by atoms with Gasteiger partial charge in [0.25, 0.3) is 0 Å². The van der Waals surface area contributed by atoms with E-state index in [1.165, 1.54) is 0 Å². The molecule has 5 heteroatoms. The summed E-state index contributed by atoms with van der Waals surface area (Å²) in [5.74, 6) is -0.403. The molecule has 0 radical (unpaired) electrons. The number of hydrogen-bond acceptors (Lipinski definition) is 3. The fourth-order valence-corrected chi connectivity index (χ4v) is 2.95. The third-order valence-corrected chi connectivity index (χ3v) is 4.08. The summed E-state index contributed by atoms with van der Waals surface area (Å²) in [6.07, 6.45) is 5.40. The van der Waals surface area contributed by atoms with Gasteiger partial charge >= 0.3 is 5.97 Å². The molecule has 102 valence electrons. The molecule has 1 amide bonds. The lowest BCUT2D eigenvalue weighted by molar-refractivity contribution is -0.140. The largest absolute Gasteiger partial charge is 0.481 e. The average molecular weight is 254 g/mol. The van der Waals surface area contributed by atoms with Crippen molar-refractivity contribution in [2.45, 2.75) is 50.5 Å². The Balaban J connectivity index is 1.80. The highest BCUT2D eigenvalue weighted by molar-refractivity contribution is 5.78. The number of carbonyl (C=O) groups is 2. The zero-order valence-corrected chi connectivity index (χ0v) is 10.7. The van der Waals surface area contributed by atoms with E-state index in [-0.39, 0.29) is 12.3 Å². The van der Waals surface area contributed by atoms with Gasteiger partial charge in [0.1, 0.15) is 0 Å². The van der Waals surface area contributed by atoms with Gasteiger partial charge in [0.15, 0.2) is 0 Å². The first-order valence-corrected chi connectivity index (χ1v) is 6.83. The second-order valence-corrected chi connectivity index (χ2v) is 5.67. The van der Waals surface area contributed by atoms with E-state index in [1.807, 2.05) is 0 Å². The van der Waals surface area contributed by atoms with Crippen molar-refractivity contribution in [3.8, 4) is 0 Å². The number of amides is 1. The zero-order chi connectivity index (χ0) is 13.0. The van der Waals surface area contributed by atoms with Gasteiger partial charge < -0.3 is 15.7 Å². The highest BCUT2D eigenvalue weighted by Gasteiger charge is 2.40. The molecule has 1 aliphatic heterocycles. The van der Waals surface area contributed by atoms with Crippen molar-refractivity contribution in [1.29, 1.82) is 0 Å². The van der Waals surface area contributed by atoms with Crippen molar-refractivity contribution >= 4 is 11.9 Å². The lowest BCUT2D eigenvalue weighted by Gasteiger charge is -2.41. The summed E-state index contributed by atoms with van der Waals surface area (Å²) >= 11 is 0. The van der Waals surface area contributed by atoms with E-state index in [4.69, 9.17) is 5.11 Å². The van der Waals surface area contributed by atoms with Gasteiger partial charge in [0.2, 0.25) is 5.91 Å². The fourth-order valence-electron chi connectivity index (χ4n) is 2.95. The Hall–Kier alpha value is -1.10. The molecule has 0 bridgehead atoms. The Morgan fingerprint density at radius 2 is 2.11 bits per heavy atom. The standard InChI is InChI=1S/C13H22N2O3/c16-11(7-10-3-1-6-14-9-10)15-13(4-2-5-13)8-12(17)18/h10,14H,1-9H2,(H,15,16)(H,17,18). The van der Waals surface area contributed by atoms with Gasteiger partial charge in [0.05, 0.1) is 12.0 Å². The maximum absolute atomic E-state index is 12.0. The van der Waals surface area contributed by atoms with Gasteiger partial charge in [0, 0.05) is 6.42 Å². The van der Waals surface area contributed by atoms with Crippen LogP contribution < -0.4 is 10.6 Å². The molecule has 0 aromatic heterocycles. The van der Waals surface area contributed by atoms with E-state index >= 15 is 0 Å². The van der Waals surface area contributed by atoms with Crippen LogP contribution in [0, 0.1) is 5.92 Å². The molecule has 2 fully saturated rings. The summed E-state index contributed by atoms with van der Waals surface area (Å²) in [5, 5.41) is 15.1. The van der Waals surface area contributed by atoms with Crippen molar-refractivity contribution in [1.82, 2.24) is 10.6 Å². The normalized spacial score (nSPS) is 26.1. The minimum absolute atomic E-state index is 0.0182. The molecule has 2 aliphatic rings. The van der Waals surface area contributed by atoms with E-state index in [0.29, 0.717) is 12.3 Å². The molecule has 0 spiro atoms. The lowest BCUT2D eigenvalue weighted by atomic mass is 9.74. The highest BCUT2D eigenvalue weighted by Crippen LogP contribution is 2.35. The molecule has 1 saturated carbocycles. The van der Waals surface area contributed by atoms with Crippen LogP contribution in [0.4, 0.5) is 0 Å². The van der Waals surface area contributed by atoms with Gasteiger partial charge in [-0.2, -0.15) is 0 Å². The van der Waals surface area contributed by atoms with Crippen LogP contribution in [0.15, 0.2) is 0 Å². The van der Waals surface area contributed by atoms with Gasteiger partial charge in [-0.25, -0.2) is 0 Å². The average Bonchev–Trinajstić information content (AvgIpc) is 2.26. The maximum atomic E-state index is 12.0. The minimum Gasteiger partial charge on any atom is -0.481 e. The van der Waals surface area contributed by atoms with Crippen LogP contribution in [-0.2, 0) is 9.59 Å². The molecule has 5 nitrogen and oxygen atoms in total. The number of carboxylic acid groups (broad SMARTS) is 1. The van der Waals surface area contributed by atoms with Crippen LogP contribution in [0.2, 0.25) is 0 Å². The number of carbonyl (C=O) groups excluding carboxylic acids is 1. The van der Waals surface area contributed by atoms with Gasteiger partial charge in [-0.05, 0) is 51.1 Å². The van der Waals surface area contributed by atoms with Crippen LogP contribution in [0.5, 0.6) is 0 Å². The van der Waals surface area contributed by atoms with Crippen molar-refractivity contribution in [2.75, 3.05) is 13.1 Å². The van der Waals surface area contributed by atoms with Crippen LogP contribution in [-0.4, -0.2) is 35.6 Å². The van der Waals surface area contributed by atoms with Crippen molar-refractivity contribution in [2.24, 2.45) is 5.92 Å². The monoisotopic (exact) mass is 254 g/mol. The molecule has 2 rings (SSSR count). The molecule has 1 saturated heterocycles. The molecule has 1 heterocycles. The third-order valence-electron chi connectivity index (χ3n) is 4.08. The number of hydrogen-bond donors (Lipinski definition) is 3. The quantitative estimate of drug-likeness (QED) is 0.681. The first kappa shape index (κ1) is 13.3. The topological polar surface area (TPSA) is 78.4 Å². The smallest absolute Gasteiger partial charge is 0.305 e.